The molecule has 1 atom stereocenters. The van der Waals surface area contributed by atoms with E-state index in [-0.39, 0.29) is 25.0 Å². The van der Waals surface area contributed by atoms with E-state index in [4.69, 9.17) is 22.0 Å². The van der Waals surface area contributed by atoms with Crippen molar-refractivity contribution in [1.29, 1.82) is 0 Å². The normalized spacial score (nSPS) is 18.8. The van der Waals surface area contributed by atoms with Gasteiger partial charge in [0.2, 0.25) is 5.91 Å². The molecule has 17 heavy (non-hydrogen) atoms. The van der Waals surface area contributed by atoms with E-state index in [0.717, 1.165) is 12.8 Å². The lowest BCUT2D eigenvalue weighted by Crippen LogP contribution is -2.48. The average Bonchev–Trinajstić information content (AvgIpc) is 2.36. The molecule has 1 aliphatic heterocycles. The Morgan fingerprint density at radius 1 is 1.59 bits per heavy atom. The second-order valence-corrected chi connectivity index (χ2v) is 4.13. The molecule has 0 aliphatic carbocycles. The van der Waals surface area contributed by atoms with E-state index in [2.05, 4.69) is 5.92 Å². The molecule has 0 bridgehead atoms. The first-order chi connectivity index (χ1) is 8.19. The zero-order chi connectivity index (χ0) is 12.7. The maximum Gasteiger partial charge on any atom is 0.240 e. The maximum absolute atomic E-state index is 11.8. The van der Waals surface area contributed by atoms with Crippen molar-refractivity contribution in [2.24, 2.45) is 5.73 Å². The van der Waals surface area contributed by atoms with Gasteiger partial charge in [0.15, 0.2) is 0 Å². The zero-order valence-corrected chi connectivity index (χ0v) is 9.97. The molecule has 0 radical (unpaired) electrons. The van der Waals surface area contributed by atoms with Crippen molar-refractivity contribution >= 4 is 5.91 Å². The molecule has 96 valence electrons. The summed E-state index contributed by atoms with van der Waals surface area (Å²) in [4.78, 5) is 13.6. The van der Waals surface area contributed by atoms with Crippen molar-refractivity contribution in [3.8, 4) is 12.3 Å². The van der Waals surface area contributed by atoms with Gasteiger partial charge in [0, 0.05) is 19.5 Å². The minimum atomic E-state index is -0.588. The predicted molar refractivity (Wildman–Crippen MR) is 64.1 cm³/mol. The Morgan fingerprint density at radius 2 is 2.24 bits per heavy atom. The number of terminal acetylenes is 1. The first-order valence-corrected chi connectivity index (χ1v) is 5.89. The van der Waals surface area contributed by atoms with Crippen LogP contribution in [0.3, 0.4) is 0 Å². The maximum atomic E-state index is 11.8. The number of amides is 1. The van der Waals surface area contributed by atoms with Crippen molar-refractivity contribution in [2.75, 3.05) is 26.3 Å². The second-order valence-electron chi connectivity index (χ2n) is 4.13. The largest absolute Gasteiger partial charge is 0.394 e. The molecule has 3 N–H and O–H groups in total. The van der Waals surface area contributed by atoms with Crippen LogP contribution >= 0.6 is 0 Å². The lowest BCUT2D eigenvalue weighted by atomic mass is 10.1. The van der Waals surface area contributed by atoms with Gasteiger partial charge in [-0.25, -0.2) is 0 Å². The van der Waals surface area contributed by atoms with Gasteiger partial charge in [-0.1, -0.05) is 0 Å². The van der Waals surface area contributed by atoms with E-state index in [9.17, 15) is 4.79 Å². The highest BCUT2D eigenvalue weighted by Crippen LogP contribution is 2.14. The lowest BCUT2D eigenvalue weighted by Gasteiger charge is -2.33. The first kappa shape index (κ1) is 14.0. The van der Waals surface area contributed by atoms with Gasteiger partial charge in [0.25, 0.3) is 0 Å². The van der Waals surface area contributed by atoms with Crippen molar-refractivity contribution < 1.29 is 14.6 Å². The summed E-state index contributed by atoms with van der Waals surface area (Å²) in [7, 11) is 0. The molecule has 1 heterocycles. The van der Waals surface area contributed by atoms with Gasteiger partial charge in [-0.3, -0.25) is 4.79 Å². The third kappa shape index (κ3) is 4.35. The van der Waals surface area contributed by atoms with Crippen molar-refractivity contribution in [3.05, 3.63) is 0 Å². The van der Waals surface area contributed by atoms with E-state index < -0.39 is 6.04 Å². The standard InChI is InChI=1S/C12H20N2O3/c1-2-3-11(13)12(16)14-6-4-10(5-7-14)17-9-8-15/h1,10-11,15H,3-9,13H2. The molecule has 1 unspecified atom stereocenters. The Bertz CT molecular complexity index is 280. The van der Waals surface area contributed by atoms with Crippen LogP contribution in [-0.4, -0.2) is 54.4 Å². The van der Waals surface area contributed by atoms with E-state index in [1.807, 2.05) is 0 Å². The molecule has 1 rings (SSSR count). The van der Waals surface area contributed by atoms with Gasteiger partial charge in [-0.2, -0.15) is 0 Å². The third-order valence-corrected chi connectivity index (χ3v) is 2.85. The van der Waals surface area contributed by atoms with Crippen molar-refractivity contribution in [2.45, 2.75) is 31.4 Å². The molecule has 5 nitrogen and oxygen atoms in total. The van der Waals surface area contributed by atoms with Gasteiger partial charge in [0.05, 0.1) is 25.4 Å². The fourth-order valence-corrected chi connectivity index (χ4v) is 1.91. The highest BCUT2D eigenvalue weighted by Gasteiger charge is 2.25. The molecule has 0 aromatic heterocycles. The molecule has 1 fully saturated rings. The van der Waals surface area contributed by atoms with Crippen molar-refractivity contribution in [3.63, 3.8) is 0 Å². The van der Waals surface area contributed by atoms with Crippen LogP contribution in [0, 0.1) is 12.3 Å². The topological polar surface area (TPSA) is 75.8 Å². The monoisotopic (exact) mass is 240 g/mol. The number of likely N-dealkylation sites (tertiary alicyclic amines) is 1. The van der Waals surface area contributed by atoms with Gasteiger partial charge in [0.1, 0.15) is 0 Å². The minimum absolute atomic E-state index is 0.0339. The number of rotatable bonds is 5. The zero-order valence-electron chi connectivity index (χ0n) is 9.97. The summed E-state index contributed by atoms with van der Waals surface area (Å²) in [5, 5.41) is 8.64. The summed E-state index contributed by atoms with van der Waals surface area (Å²) < 4.78 is 5.42. The first-order valence-electron chi connectivity index (χ1n) is 5.89. The van der Waals surface area contributed by atoms with E-state index in [1.165, 1.54) is 0 Å². The minimum Gasteiger partial charge on any atom is -0.394 e. The number of carbonyl (C=O) groups excluding carboxylic acids is 1. The molecule has 0 aromatic rings. The Hall–Kier alpha value is -1.09. The van der Waals surface area contributed by atoms with Gasteiger partial charge in [-0.05, 0) is 12.8 Å². The number of ether oxygens (including phenoxy) is 1. The number of aliphatic hydroxyl groups is 1. The molecule has 5 heteroatoms. The summed E-state index contributed by atoms with van der Waals surface area (Å²) in [5.74, 6) is 2.32. The van der Waals surface area contributed by atoms with Crippen molar-refractivity contribution in [1.82, 2.24) is 4.90 Å². The number of piperidine rings is 1. The fourth-order valence-electron chi connectivity index (χ4n) is 1.91. The summed E-state index contributed by atoms with van der Waals surface area (Å²) in [5.41, 5.74) is 5.68. The van der Waals surface area contributed by atoms with Crippen LogP contribution in [0.4, 0.5) is 0 Å². The van der Waals surface area contributed by atoms with Crippen LogP contribution in [0.5, 0.6) is 0 Å². The van der Waals surface area contributed by atoms with Gasteiger partial charge >= 0.3 is 0 Å². The molecule has 1 saturated heterocycles. The number of nitrogens with zero attached hydrogens (tertiary/aromatic N) is 1. The SMILES string of the molecule is C#CCC(N)C(=O)N1CCC(OCCO)CC1. The second kappa shape index (κ2) is 7.28. The molecule has 0 saturated carbocycles. The number of hydrogen-bond acceptors (Lipinski definition) is 4. The number of nitrogens with two attached hydrogens (primary N) is 1. The van der Waals surface area contributed by atoms with Crippen LogP contribution in [0.1, 0.15) is 19.3 Å². The Balaban J connectivity index is 2.31. The van der Waals surface area contributed by atoms with Crippen LogP contribution < -0.4 is 5.73 Å². The Morgan fingerprint density at radius 3 is 2.76 bits per heavy atom. The lowest BCUT2D eigenvalue weighted by molar-refractivity contribution is -0.135. The number of hydrogen-bond donors (Lipinski definition) is 2. The molecule has 1 aliphatic rings. The highest BCUT2D eigenvalue weighted by molar-refractivity contribution is 5.82. The highest BCUT2D eigenvalue weighted by atomic mass is 16.5. The summed E-state index contributed by atoms with van der Waals surface area (Å²) in [6.45, 7) is 1.68. The Kier molecular flexibility index (Phi) is 5.98. The summed E-state index contributed by atoms with van der Waals surface area (Å²) >= 11 is 0. The van der Waals surface area contributed by atoms with E-state index >= 15 is 0 Å². The summed E-state index contributed by atoms with van der Waals surface area (Å²) in [6, 6.07) is -0.588. The third-order valence-electron chi connectivity index (χ3n) is 2.85. The Labute approximate surface area is 102 Å². The fraction of sp³-hybridized carbons (Fsp3) is 0.750. The van der Waals surface area contributed by atoms with Crippen LogP contribution in [0.25, 0.3) is 0 Å². The van der Waals surface area contributed by atoms with Gasteiger partial charge < -0.3 is 20.5 Å². The van der Waals surface area contributed by atoms with Crippen LogP contribution in [-0.2, 0) is 9.53 Å². The van der Waals surface area contributed by atoms with E-state index in [0.29, 0.717) is 19.7 Å². The van der Waals surface area contributed by atoms with Gasteiger partial charge in [-0.15, -0.1) is 12.3 Å². The number of carbonyl (C=O) groups is 1. The summed E-state index contributed by atoms with van der Waals surface area (Å²) in [6.07, 6.45) is 7.11. The van der Waals surface area contributed by atoms with Crippen LogP contribution in [0.2, 0.25) is 0 Å². The average molecular weight is 240 g/mol. The quantitative estimate of drug-likeness (QED) is 0.625. The molecule has 0 spiro atoms. The van der Waals surface area contributed by atoms with E-state index in [1.54, 1.807) is 4.90 Å². The predicted octanol–water partition coefficient (Wildman–Crippen LogP) is -0.663. The molecular weight excluding hydrogens is 220 g/mol. The molecule has 1 amide bonds. The molecular formula is C12H20N2O3. The molecule has 0 aromatic carbocycles. The van der Waals surface area contributed by atoms with Crippen LogP contribution in [0.15, 0.2) is 0 Å². The number of aliphatic hydroxyl groups excluding tert-OH is 1. The smallest absolute Gasteiger partial charge is 0.240 e.